The summed E-state index contributed by atoms with van der Waals surface area (Å²) in [6, 6.07) is 9.15. The summed E-state index contributed by atoms with van der Waals surface area (Å²) >= 11 is 12.3. The minimum atomic E-state index is 0.111. The van der Waals surface area contributed by atoms with Crippen molar-refractivity contribution in [3.05, 3.63) is 59.0 Å². The van der Waals surface area contributed by atoms with Gasteiger partial charge in [0.15, 0.2) is 0 Å². The Balaban J connectivity index is 1.62. The molecule has 27 heavy (non-hydrogen) atoms. The van der Waals surface area contributed by atoms with Gasteiger partial charge in [-0.15, -0.1) is 0 Å². The van der Waals surface area contributed by atoms with Crippen molar-refractivity contribution in [1.82, 2.24) is 15.0 Å². The second-order valence-electron chi connectivity index (χ2n) is 6.11. The molecule has 0 atom stereocenters. The number of hydrogen-bond donors (Lipinski definition) is 1. The van der Waals surface area contributed by atoms with E-state index in [1.807, 2.05) is 18.2 Å². The zero-order valence-electron chi connectivity index (χ0n) is 14.2. The molecule has 1 aromatic carbocycles. The smallest absolute Gasteiger partial charge is 0.227 e. The monoisotopic (exact) mass is 399 g/mol. The lowest BCUT2D eigenvalue weighted by molar-refractivity contribution is -0.117. The van der Waals surface area contributed by atoms with E-state index in [4.69, 9.17) is 23.2 Å². The molecule has 2 aromatic heterocycles. The van der Waals surface area contributed by atoms with Gasteiger partial charge in [0.25, 0.3) is 0 Å². The molecule has 6 nitrogen and oxygen atoms in total. The van der Waals surface area contributed by atoms with E-state index >= 15 is 0 Å². The predicted octanol–water partition coefficient (Wildman–Crippen LogP) is 4.72. The Hall–Kier alpha value is -2.70. The molecule has 0 saturated carbocycles. The van der Waals surface area contributed by atoms with Crippen LogP contribution in [0.3, 0.4) is 0 Å². The first kappa shape index (κ1) is 17.7. The van der Waals surface area contributed by atoms with Crippen LogP contribution in [0.25, 0.3) is 11.3 Å². The Bertz CT molecular complexity index is 1010. The molecular formula is C19H15Cl2N5O. The summed E-state index contributed by atoms with van der Waals surface area (Å²) in [6.07, 6.45) is 6.30. The summed E-state index contributed by atoms with van der Waals surface area (Å²) in [5.74, 6) is 0.487. The van der Waals surface area contributed by atoms with Gasteiger partial charge in [0.1, 0.15) is 0 Å². The highest BCUT2D eigenvalue weighted by molar-refractivity contribution is 6.33. The fourth-order valence-electron chi connectivity index (χ4n) is 2.96. The summed E-state index contributed by atoms with van der Waals surface area (Å²) in [6.45, 7) is 0.709. The average molecular weight is 400 g/mol. The molecule has 0 spiro atoms. The number of benzene rings is 1. The van der Waals surface area contributed by atoms with Crippen molar-refractivity contribution >= 4 is 46.4 Å². The van der Waals surface area contributed by atoms with Crippen LogP contribution in [0.1, 0.15) is 12.8 Å². The van der Waals surface area contributed by atoms with E-state index in [0.29, 0.717) is 40.3 Å². The van der Waals surface area contributed by atoms with Gasteiger partial charge in [0.05, 0.1) is 40.7 Å². The Kier molecular flexibility index (Phi) is 4.92. The summed E-state index contributed by atoms with van der Waals surface area (Å²) in [5, 5.41) is 4.15. The molecule has 136 valence electrons. The number of pyridine rings is 1. The number of hydrogen-bond acceptors (Lipinski definition) is 5. The van der Waals surface area contributed by atoms with Crippen molar-refractivity contribution < 1.29 is 4.79 Å². The van der Waals surface area contributed by atoms with Gasteiger partial charge in [0.2, 0.25) is 11.9 Å². The molecule has 8 heteroatoms. The van der Waals surface area contributed by atoms with Gasteiger partial charge in [-0.3, -0.25) is 9.78 Å². The molecule has 1 amide bonds. The number of nitrogens with zero attached hydrogens (tertiary/aromatic N) is 4. The van der Waals surface area contributed by atoms with E-state index in [-0.39, 0.29) is 5.91 Å². The molecule has 1 aliphatic rings. The third-order valence-corrected chi connectivity index (χ3v) is 4.72. The van der Waals surface area contributed by atoms with Crippen LogP contribution < -0.4 is 10.2 Å². The standard InChI is InChI=1S/C19H15Cl2N5O/c20-13-4-1-3-12(7-13)18-16(21)11-23-19(25-18)24-14-8-15(10-22-9-14)26-6-2-5-17(26)27/h1,3-4,7-11H,2,5-6H2,(H,23,24,25). The van der Waals surface area contributed by atoms with Crippen molar-refractivity contribution in [1.29, 1.82) is 0 Å². The molecule has 0 radical (unpaired) electrons. The van der Waals surface area contributed by atoms with Crippen LogP contribution in [0.4, 0.5) is 17.3 Å². The number of carbonyl (C=O) groups excluding carboxylic acids is 1. The largest absolute Gasteiger partial charge is 0.323 e. The number of nitrogens with one attached hydrogen (secondary N) is 1. The van der Waals surface area contributed by atoms with E-state index in [1.54, 1.807) is 29.4 Å². The number of amides is 1. The highest BCUT2D eigenvalue weighted by atomic mass is 35.5. The van der Waals surface area contributed by atoms with Gasteiger partial charge >= 0.3 is 0 Å². The third-order valence-electron chi connectivity index (χ3n) is 4.21. The molecule has 0 unspecified atom stereocenters. The van der Waals surface area contributed by atoms with E-state index in [1.165, 1.54) is 6.20 Å². The van der Waals surface area contributed by atoms with Crippen LogP contribution >= 0.6 is 23.2 Å². The highest BCUT2D eigenvalue weighted by Gasteiger charge is 2.22. The molecule has 1 N–H and O–H groups in total. The van der Waals surface area contributed by atoms with Crippen molar-refractivity contribution in [3.63, 3.8) is 0 Å². The van der Waals surface area contributed by atoms with Gasteiger partial charge in [-0.2, -0.15) is 0 Å². The lowest BCUT2D eigenvalue weighted by atomic mass is 10.1. The number of anilines is 3. The minimum absolute atomic E-state index is 0.111. The van der Waals surface area contributed by atoms with E-state index in [9.17, 15) is 4.79 Å². The molecule has 1 aliphatic heterocycles. The highest BCUT2D eigenvalue weighted by Crippen LogP contribution is 2.29. The van der Waals surface area contributed by atoms with Crippen molar-refractivity contribution in [2.45, 2.75) is 12.8 Å². The Morgan fingerprint density at radius 2 is 2.00 bits per heavy atom. The molecule has 3 aromatic rings. The van der Waals surface area contributed by atoms with E-state index < -0.39 is 0 Å². The van der Waals surface area contributed by atoms with Crippen LogP contribution in [-0.2, 0) is 4.79 Å². The summed E-state index contributed by atoms with van der Waals surface area (Å²) < 4.78 is 0. The number of aromatic nitrogens is 3. The van der Waals surface area contributed by atoms with Crippen molar-refractivity contribution in [2.24, 2.45) is 0 Å². The molecule has 1 saturated heterocycles. The van der Waals surface area contributed by atoms with Crippen molar-refractivity contribution in [3.8, 4) is 11.3 Å². The van der Waals surface area contributed by atoms with Crippen LogP contribution in [0.2, 0.25) is 10.0 Å². The number of halogens is 2. The van der Waals surface area contributed by atoms with Gasteiger partial charge in [0, 0.05) is 23.6 Å². The van der Waals surface area contributed by atoms with Crippen LogP contribution in [-0.4, -0.2) is 27.4 Å². The van der Waals surface area contributed by atoms with E-state index in [2.05, 4.69) is 20.3 Å². The molecule has 1 fully saturated rings. The average Bonchev–Trinajstić information content (AvgIpc) is 3.09. The Morgan fingerprint density at radius 1 is 1.11 bits per heavy atom. The number of carbonyl (C=O) groups is 1. The number of rotatable bonds is 4. The maximum absolute atomic E-state index is 11.9. The third kappa shape index (κ3) is 3.86. The minimum Gasteiger partial charge on any atom is -0.323 e. The summed E-state index contributed by atoms with van der Waals surface area (Å²) in [4.78, 5) is 26.6. The Labute approximate surface area is 166 Å². The lowest BCUT2D eigenvalue weighted by Gasteiger charge is -2.16. The normalized spacial score (nSPS) is 13.9. The Morgan fingerprint density at radius 3 is 2.78 bits per heavy atom. The first-order chi connectivity index (χ1) is 13.1. The second-order valence-corrected chi connectivity index (χ2v) is 6.95. The van der Waals surface area contributed by atoms with Gasteiger partial charge in [-0.1, -0.05) is 35.3 Å². The van der Waals surface area contributed by atoms with Crippen LogP contribution in [0, 0.1) is 0 Å². The maximum atomic E-state index is 11.9. The van der Waals surface area contributed by atoms with E-state index in [0.717, 1.165) is 17.7 Å². The quantitative estimate of drug-likeness (QED) is 0.687. The van der Waals surface area contributed by atoms with Gasteiger partial charge in [-0.05, 0) is 24.6 Å². The fraction of sp³-hybridized carbons (Fsp3) is 0.158. The zero-order valence-corrected chi connectivity index (χ0v) is 15.7. The predicted molar refractivity (Wildman–Crippen MR) is 107 cm³/mol. The summed E-state index contributed by atoms with van der Waals surface area (Å²) in [7, 11) is 0. The molecule has 0 bridgehead atoms. The zero-order chi connectivity index (χ0) is 18.8. The first-order valence-electron chi connectivity index (χ1n) is 8.41. The SMILES string of the molecule is O=C1CCCN1c1cncc(Nc2ncc(Cl)c(-c3cccc(Cl)c3)n2)c1. The molecule has 4 rings (SSSR count). The fourth-order valence-corrected chi connectivity index (χ4v) is 3.35. The maximum Gasteiger partial charge on any atom is 0.227 e. The molecular weight excluding hydrogens is 385 g/mol. The second kappa shape index (κ2) is 7.50. The lowest BCUT2D eigenvalue weighted by Crippen LogP contribution is -2.23. The summed E-state index contributed by atoms with van der Waals surface area (Å²) in [5.41, 5.74) is 2.82. The van der Waals surface area contributed by atoms with Crippen LogP contribution in [0.5, 0.6) is 0 Å². The van der Waals surface area contributed by atoms with Gasteiger partial charge in [-0.25, -0.2) is 9.97 Å². The van der Waals surface area contributed by atoms with Crippen LogP contribution in [0.15, 0.2) is 48.9 Å². The molecule has 0 aliphatic carbocycles. The topological polar surface area (TPSA) is 71.0 Å². The molecule has 3 heterocycles. The van der Waals surface area contributed by atoms with Gasteiger partial charge < -0.3 is 10.2 Å². The first-order valence-corrected chi connectivity index (χ1v) is 9.17. The van der Waals surface area contributed by atoms with Crippen molar-refractivity contribution in [2.75, 3.05) is 16.8 Å².